The summed E-state index contributed by atoms with van der Waals surface area (Å²) in [5.74, 6) is -2.04. The number of rotatable bonds is 7. The topological polar surface area (TPSA) is 40.5 Å². The van der Waals surface area contributed by atoms with Gasteiger partial charge in [-0.1, -0.05) is 30.3 Å². The first-order valence-electron chi connectivity index (χ1n) is 9.41. The van der Waals surface area contributed by atoms with Crippen molar-refractivity contribution in [2.45, 2.75) is 32.1 Å². The highest BCUT2D eigenvalue weighted by molar-refractivity contribution is 5.74. The molecule has 2 aromatic carbocycles. The quantitative estimate of drug-likeness (QED) is 0.786. The fraction of sp³-hybridized carbons (Fsp3) is 0.409. The normalized spacial score (nSPS) is 17.0. The summed E-state index contributed by atoms with van der Waals surface area (Å²) < 4.78 is 26.7. The van der Waals surface area contributed by atoms with E-state index < -0.39 is 23.0 Å². The summed E-state index contributed by atoms with van der Waals surface area (Å²) in [4.78, 5) is 14.3. The second-order valence-corrected chi connectivity index (χ2v) is 7.44. The largest absolute Gasteiger partial charge is 0.481 e. The molecule has 0 atom stereocenters. The van der Waals surface area contributed by atoms with Crippen LogP contribution in [0.25, 0.3) is 0 Å². The van der Waals surface area contributed by atoms with E-state index in [1.165, 1.54) is 17.7 Å². The number of carbonyl (C=O) groups is 1. The number of piperidine rings is 1. The van der Waals surface area contributed by atoms with Gasteiger partial charge in [-0.25, -0.2) is 8.78 Å². The maximum Gasteiger partial charge on any atom is 0.309 e. The van der Waals surface area contributed by atoms with Crippen molar-refractivity contribution < 1.29 is 18.7 Å². The Bertz CT molecular complexity index is 751. The van der Waals surface area contributed by atoms with E-state index in [0.29, 0.717) is 31.2 Å². The third-order valence-corrected chi connectivity index (χ3v) is 5.64. The Hall–Kier alpha value is -2.27. The maximum absolute atomic E-state index is 13.4. The summed E-state index contributed by atoms with van der Waals surface area (Å²) in [6.45, 7) is 2.38. The summed E-state index contributed by atoms with van der Waals surface area (Å²) in [7, 11) is 0. The Morgan fingerprint density at radius 3 is 2.19 bits per heavy atom. The second kappa shape index (κ2) is 8.61. The molecule has 5 heteroatoms. The van der Waals surface area contributed by atoms with Gasteiger partial charge in [-0.05, 0) is 68.5 Å². The third kappa shape index (κ3) is 5.13. The highest BCUT2D eigenvalue weighted by atomic mass is 19.1. The van der Waals surface area contributed by atoms with Crippen LogP contribution in [0.2, 0.25) is 0 Å². The fourth-order valence-corrected chi connectivity index (χ4v) is 3.85. The van der Waals surface area contributed by atoms with E-state index in [9.17, 15) is 18.7 Å². The lowest BCUT2D eigenvalue weighted by molar-refractivity contribution is -0.152. The van der Waals surface area contributed by atoms with Gasteiger partial charge in [-0.2, -0.15) is 0 Å². The Kier molecular flexibility index (Phi) is 6.22. The summed E-state index contributed by atoms with van der Waals surface area (Å²) in [6.07, 6.45) is 2.84. The molecule has 0 aliphatic carbocycles. The van der Waals surface area contributed by atoms with E-state index in [-0.39, 0.29) is 0 Å². The van der Waals surface area contributed by atoms with E-state index in [1.54, 1.807) is 0 Å². The standard InChI is InChI=1S/C22H25F2NO2/c23-19-14-18(15-20(24)16-19)6-8-22(21(26)27)9-12-25(13-10-22)11-7-17-4-2-1-3-5-17/h1-5,14-16H,6-13H2,(H,26,27). The molecular weight excluding hydrogens is 348 g/mol. The Labute approximate surface area is 158 Å². The van der Waals surface area contributed by atoms with Crippen LogP contribution in [0.1, 0.15) is 30.4 Å². The average molecular weight is 373 g/mol. The fourth-order valence-electron chi connectivity index (χ4n) is 3.85. The molecule has 0 spiro atoms. The Morgan fingerprint density at radius 1 is 0.963 bits per heavy atom. The van der Waals surface area contributed by atoms with Crippen molar-refractivity contribution in [2.24, 2.45) is 5.41 Å². The highest BCUT2D eigenvalue weighted by Crippen LogP contribution is 2.36. The minimum atomic E-state index is -0.813. The van der Waals surface area contributed by atoms with Crippen molar-refractivity contribution in [1.29, 1.82) is 0 Å². The van der Waals surface area contributed by atoms with Crippen LogP contribution in [0.4, 0.5) is 8.78 Å². The van der Waals surface area contributed by atoms with Crippen LogP contribution < -0.4 is 0 Å². The van der Waals surface area contributed by atoms with Gasteiger partial charge in [-0.3, -0.25) is 4.79 Å². The first-order valence-corrected chi connectivity index (χ1v) is 9.41. The number of aryl methyl sites for hydroxylation is 1. The minimum Gasteiger partial charge on any atom is -0.481 e. The maximum atomic E-state index is 13.4. The third-order valence-electron chi connectivity index (χ3n) is 5.64. The molecule has 3 nitrogen and oxygen atoms in total. The van der Waals surface area contributed by atoms with Gasteiger partial charge in [0.25, 0.3) is 0 Å². The average Bonchev–Trinajstić information content (AvgIpc) is 2.65. The van der Waals surface area contributed by atoms with Gasteiger partial charge >= 0.3 is 5.97 Å². The molecular formula is C22H25F2NO2. The molecule has 1 N–H and O–H groups in total. The first-order chi connectivity index (χ1) is 13.0. The van der Waals surface area contributed by atoms with Crippen molar-refractivity contribution in [2.75, 3.05) is 19.6 Å². The molecule has 0 amide bonds. The lowest BCUT2D eigenvalue weighted by Crippen LogP contribution is -2.45. The van der Waals surface area contributed by atoms with Crippen LogP contribution in [-0.2, 0) is 17.6 Å². The van der Waals surface area contributed by atoms with Crippen LogP contribution >= 0.6 is 0 Å². The summed E-state index contributed by atoms with van der Waals surface area (Å²) >= 11 is 0. The van der Waals surface area contributed by atoms with Gasteiger partial charge in [0.05, 0.1) is 5.41 Å². The first kappa shape index (κ1) is 19.5. The van der Waals surface area contributed by atoms with Crippen LogP contribution in [0.3, 0.4) is 0 Å². The van der Waals surface area contributed by atoms with Gasteiger partial charge in [0, 0.05) is 12.6 Å². The zero-order valence-corrected chi connectivity index (χ0v) is 15.3. The van der Waals surface area contributed by atoms with Crippen molar-refractivity contribution in [3.8, 4) is 0 Å². The molecule has 0 radical (unpaired) electrons. The number of carboxylic acid groups (broad SMARTS) is 1. The van der Waals surface area contributed by atoms with E-state index >= 15 is 0 Å². The number of carboxylic acids is 1. The Balaban J connectivity index is 1.56. The predicted molar refractivity (Wildman–Crippen MR) is 101 cm³/mol. The van der Waals surface area contributed by atoms with Crippen LogP contribution in [0, 0.1) is 17.0 Å². The van der Waals surface area contributed by atoms with Gasteiger partial charge in [0.2, 0.25) is 0 Å². The molecule has 0 aromatic heterocycles. The summed E-state index contributed by atoms with van der Waals surface area (Å²) in [6, 6.07) is 13.7. The Morgan fingerprint density at radius 2 is 1.59 bits per heavy atom. The molecule has 3 rings (SSSR count). The lowest BCUT2D eigenvalue weighted by atomic mass is 9.74. The van der Waals surface area contributed by atoms with Crippen LogP contribution in [0.5, 0.6) is 0 Å². The molecule has 2 aromatic rings. The van der Waals surface area contributed by atoms with Crippen molar-refractivity contribution in [1.82, 2.24) is 4.90 Å². The number of aliphatic carboxylic acids is 1. The number of benzene rings is 2. The highest BCUT2D eigenvalue weighted by Gasteiger charge is 2.40. The number of hydrogen-bond acceptors (Lipinski definition) is 2. The minimum absolute atomic E-state index is 0.366. The lowest BCUT2D eigenvalue weighted by Gasteiger charge is -2.39. The van der Waals surface area contributed by atoms with Crippen molar-refractivity contribution >= 4 is 5.97 Å². The van der Waals surface area contributed by atoms with E-state index in [0.717, 1.165) is 32.1 Å². The molecule has 1 fully saturated rings. The van der Waals surface area contributed by atoms with E-state index in [4.69, 9.17) is 0 Å². The van der Waals surface area contributed by atoms with Crippen molar-refractivity contribution in [3.05, 3.63) is 71.3 Å². The second-order valence-electron chi connectivity index (χ2n) is 7.44. The number of likely N-dealkylation sites (tertiary alicyclic amines) is 1. The number of hydrogen-bond donors (Lipinski definition) is 1. The number of halogens is 2. The molecule has 1 heterocycles. The molecule has 0 saturated carbocycles. The van der Waals surface area contributed by atoms with Crippen LogP contribution in [0.15, 0.2) is 48.5 Å². The zero-order valence-electron chi connectivity index (χ0n) is 15.3. The summed E-state index contributed by atoms with van der Waals surface area (Å²) in [5.41, 5.74) is 0.979. The SMILES string of the molecule is O=C(O)C1(CCc2cc(F)cc(F)c2)CCN(CCc2ccccc2)CC1. The van der Waals surface area contributed by atoms with Crippen molar-refractivity contribution in [3.63, 3.8) is 0 Å². The van der Waals surface area contributed by atoms with Crippen LogP contribution in [-0.4, -0.2) is 35.6 Å². The summed E-state index contributed by atoms with van der Waals surface area (Å²) in [5, 5.41) is 9.80. The molecule has 27 heavy (non-hydrogen) atoms. The molecule has 1 aliphatic rings. The monoisotopic (exact) mass is 373 g/mol. The van der Waals surface area contributed by atoms with Gasteiger partial charge in [0.15, 0.2) is 0 Å². The predicted octanol–water partition coefficient (Wildman–Crippen LogP) is 4.31. The molecule has 1 saturated heterocycles. The van der Waals surface area contributed by atoms with Gasteiger partial charge in [-0.15, -0.1) is 0 Å². The van der Waals surface area contributed by atoms with E-state index in [1.807, 2.05) is 18.2 Å². The number of nitrogens with zero attached hydrogens (tertiary/aromatic N) is 1. The molecule has 0 bridgehead atoms. The molecule has 144 valence electrons. The van der Waals surface area contributed by atoms with Gasteiger partial charge in [0.1, 0.15) is 11.6 Å². The smallest absolute Gasteiger partial charge is 0.309 e. The van der Waals surface area contributed by atoms with E-state index in [2.05, 4.69) is 17.0 Å². The molecule has 1 aliphatic heterocycles. The molecule has 0 unspecified atom stereocenters. The zero-order chi connectivity index (χ0) is 19.3. The van der Waals surface area contributed by atoms with Gasteiger partial charge < -0.3 is 10.0 Å².